The molecule has 0 fully saturated rings. The van der Waals surface area contributed by atoms with Crippen LogP contribution in [0.4, 0.5) is 0 Å². The number of rotatable bonds is 8. The predicted octanol–water partition coefficient (Wildman–Crippen LogP) is 5.11. The van der Waals surface area contributed by atoms with Gasteiger partial charge < -0.3 is 19.3 Å². The maximum atomic E-state index is 9.53. The van der Waals surface area contributed by atoms with Crippen molar-refractivity contribution in [2.45, 2.75) is 19.8 Å². The Bertz CT molecular complexity index is 878. The fraction of sp³-hybridized carbons (Fsp3) is 0.182. The number of aliphatic hydroxyl groups is 1. The summed E-state index contributed by atoms with van der Waals surface area (Å²) < 4.78 is 18.2. The number of aliphatic hydroxyl groups excluding tert-OH is 1. The van der Waals surface area contributed by atoms with Crippen LogP contribution in [-0.4, -0.2) is 12.2 Å². The third-order valence-corrected chi connectivity index (χ3v) is 4.56. The minimum absolute atomic E-state index is 0.0828. The molecule has 0 aromatic heterocycles. The smallest absolute Gasteiger partial charge is 0.125 e. The number of benzene rings is 3. The van der Waals surface area contributed by atoms with Crippen LogP contribution in [-0.2, 0) is 19.8 Å². The Morgan fingerprint density at radius 3 is 2.15 bits per heavy atom. The Morgan fingerprint density at radius 1 is 0.815 bits per heavy atom. The van der Waals surface area contributed by atoms with Gasteiger partial charge in [-0.2, -0.15) is 0 Å². The number of hydrogen-bond donors (Lipinski definition) is 1. The Hall–Kier alpha value is -2.50. The second-order valence-electron chi connectivity index (χ2n) is 5.99. The van der Waals surface area contributed by atoms with Crippen LogP contribution >= 0.6 is 15.9 Å². The van der Waals surface area contributed by atoms with Crippen molar-refractivity contribution < 1.29 is 19.3 Å². The first-order valence-electron chi connectivity index (χ1n) is 8.54. The number of hydrogen-bond acceptors (Lipinski definition) is 4. The lowest BCUT2D eigenvalue weighted by Gasteiger charge is -2.13. The zero-order chi connectivity index (χ0) is 19.1. The van der Waals surface area contributed by atoms with Crippen molar-refractivity contribution in [2.24, 2.45) is 0 Å². The molecule has 0 atom stereocenters. The molecular weight excluding hydrogens is 408 g/mol. The normalized spacial score (nSPS) is 10.5. The summed E-state index contributed by atoms with van der Waals surface area (Å²) in [4.78, 5) is 0. The molecule has 0 spiro atoms. The highest BCUT2D eigenvalue weighted by atomic mass is 79.9. The molecule has 5 heteroatoms. The van der Waals surface area contributed by atoms with Crippen LogP contribution in [0.3, 0.4) is 0 Å². The van der Waals surface area contributed by atoms with Crippen LogP contribution < -0.4 is 14.2 Å². The first kappa shape index (κ1) is 19.3. The van der Waals surface area contributed by atoms with Crippen LogP contribution in [0.2, 0.25) is 0 Å². The summed E-state index contributed by atoms with van der Waals surface area (Å²) in [6, 6.07) is 21.1. The van der Waals surface area contributed by atoms with Crippen molar-refractivity contribution in [1.82, 2.24) is 0 Å². The molecule has 0 aliphatic carbocycles. The molecule has 27 heavy (non-hydrogen) atoms. The van der Waals surface area contributed by atoms with Crippen molar-refractivity contribution in [1.29, 1.82) is 0 Å². The molecule has 0 unspecified atom stereocenters. The summed E-state index contributed by atoms with van der Waals surface area (Å²) in [6.07, 6.45) is 0. The minimum atomic E-state index is -0.0828. The Balaban J connectivity index is 1.70. The van der Waals surface area contributed by atoms with Gasteiger partial charge in [0.2, 0.25) is 0 Å². The monoisotopic (exact) mass is 428 g/mol. The van der Waals surface area contributed by atoms with E-state index in [1.54, 1.807) is 7.11 Å². The van der Waals surface area contributed by atoms with E-state index in [0.29, 0.717) is 24.7 Å². The maximum Gasteiger partial charge on any atom is 0.125 e. The zero-order valence-corrected chi connectivity index (χ0v) is 16.6. The third-order valence-electron chi connectivity index (χ3n) is 4.03. The topological polar surface area (TPSA) is 47.9 Å². The molecule has 0 saturated heterocycles. The molecule has 0 aliphatic rings. The van der Waals surface area contributed by atoms with Crippen LogP contribution in [0.15, 0.2) is 71.2 Å². The minimum Gasteiger partial charge on any atom is -0.496 e. The zero-order valence-electron chi connectivity index (χ0n) is 15.0. The predicted molar refractivity (Wildman–Crippen MR) is 108 cm³/mol. The highest BCUT2D eigenvalue weighted by Gasteiger charge is 2.07. The Morgan fingerprint density at radius 2 is 1.48 bits per heavy atom. The molecule has 0 heterocycles. The van der Waals surface area contributed by atoms with Gasteiger partial charge in [-0.15, -0.1) is 0 Å². The second-order valence-corrected chi connectivity index (χ2v) is 6.90. The molecule has 3 aromatic carbocycles. The molecule has 1 N–H and O–H groups in total. The first-order chi connectivity index (χ1) is 13.2. The van der Waals surface area contributed by atoms with Gasteiger partial charge in [0.25, 0.3) is 0 Å². The van der Waals surface area contributed by atoms with Gasteiger partial charge >= 0.3 is 0 Å². The summed E-state index contributed by atoms with van der Waals surface area (Å²) in [7, 11) is 1.64. The van der Waals surface area contributed by atoms with Gasteiger partial charge in [-0.3, -0.25) is 0 Å². The molecule has 0 radical (unpaired) electrons. The number of ether oxygens (including phenoxy) is 3. The summed E-state index contributed by atoms with van der Waals surface area (Å²) in [5.74, 6) is 2.07. The van der Waals surface area contributed by atoms with Crippen LogP contribution in [0, 0.1) is 0 Å². The van der Waals surface area contributed by atoms with Crippen molar-refractivity contribution in [3.63, 3.8) is 0 Å². The van der Waals surface area contributed by atoms with E-state index in [-0.39, 0.29) is 6.61 Å². The molecule has 0 saturated carbocycles. The Labute approximate surface area is 167 Å². The largest absolute Gasteiger partial charge is 0.496 e. The van der Waals surface area contributed by atoms with Gasteiger partial charge in [0, 0.05) is 16.1 Å². The van der Waals surface area contributed by atoms with E-state index < -0.39 is 0 Å². The van der Waals surface area contributed by atoms with E-state index in [1.165, 1.54) is 0 Å². The molecule has 0 bridgehead atoms. The second kappa shape index (κ2) is 9.44. The molecular formula is C22H21BrO4. The molecule has 140 valence electrons. The van der Waals surface area contributed by atoms with E-state index in [9.17, 15) is 5.11 Å². The van der Waals surface area contributed by atoms with Crippen LogP contribution in [0.5, 0.6) is 17.2 Å². The van der Waals surface area contributed by atoms with E-state index >= 15 is 0 Å². The number of methoxy groups -OCH3 is 1. The van der Waals surface area contributed by atoms with Gasteiger partial charge in [0.1, 0.15) is 30.5 Å². The maximum absolute atomic E-state index is 9.53. The average molecular weight is 429 g/mol. The van der Waals surface area contributed by atoms with Gasteiger partial charge in [0.05, 0.1) is 13.7 Å². The highest BCUT2D eigenvalue weighted by Crippen LogP contribution is 2.26. The quantitative estimate of drug-likeness (QED) is 0.541. The summed E-state index contributed by atoms with van der Waals surface area (Å²) >= 11 is 3.42. The van der Waals surface area contributed by atoms with E-state index in [0.717, 1.165) is 26.9 Å². The third kappa shape index (κ3) is 5.49. The molecule has 4 nitrogen and oxygen atoms in total. The number of halogens is 1. The van der Waals surface area contributed by atoms with E-state index in [4.69, 9.17) is 14.2 Å². The van der Waals surface area contributed by atoms with E-state index in [1.807, 2.05) is 66.7 Å². The molecule has 0 amide bonds. The average Bonchev–Trinajstić information content (AvgIpc) is 2.72. The van der Waals surface area contributed by atoms with Gasteiger partial charge in [-0.1, -0.05) is 46.3 Å². The number of para-hydroxylation sites is 1. The van der Waals surface area contributed by atoms with Crippen LogP contribution in [0.25, 0.3) is 0 Å². The van der Waals surface area contributed by atoms with Gasteiger partial charge in [-0.05, 0) is 41.5 Å². The lowest BCUT2D eigenvalue weighted by atomic mass is 10.2. The van der Waals surface area contributed by atoms with E-state index in [2.05, 4.69) is 15.9 Å². The first-order valence-corrected chi connectivity index (χ1v) is 9.34. The summed E-state index contributed by atoms with van der Waals surface area (Å²) in [5.41, 5.74) is 2.74. The van der Waals surface area contributed by atoms with Crippen LogP contribution in [0.1, 0.15) is 16.7 Å². The summed E-state index contributed by atoms with van der Waals surface area (Å²) in [5, 5.41) is 9.53. The van der Waals surface area contributed by atoms with Gasteiger partial charge in [0.15, 0.2) is 0 Å². The standard InChI is InChI=1S/C22H21BrO4/c1-25-22-5-3-2-4-18(22)15-27-21-11-17(13-24)10-20(12-21)26-14-16-6-8-19(23)9-7-16/h2-12,24H,13-15H2,1H3. The van der Waals surface area contributed by atoms with Crippen molar-refractivity contribution in [2.75, 3.05) is 7.11 Å². The van der Waals surface area contributed by atoms with Gasteiger partial charge in [-0.25, -0.2) is 0 Å². The Kier molecular flexibility index (Phi) is 6.74. The highest BCUT2D eigenvalue weighted by molar-refractivity contribution is 9.10. The summed E-state index contributed by atoms with van der Waals surface area (Å²) in [6.45, 7) is 0.722. The molecule has 0 aliphatic heterocycles. The van der Waals surface area contributed by atoms with Crippen molar-refractivity contribution in [3.8, 4) is 17.2 Å². The lowest BCUT2D eigenvalue weighted by molar-refractivity contribution is 0.269. The van der Waals surface area contributed by atoms with Crippen molar-refractivity contribution >= 4 is 15.9 Å². The SMILES string of the molecule is COc1ccccc1COc1cc(CO)cc(OCc2ccc(Br)cc2)c1. The lowest BCUT2D eigenvalue weighted by Crippen LogP contribution is -2.01. The fourth-order valence-electron chi connectivity index (χ4n) is 2.62. The molecule has 3 rings (SSSR count). The molecule has 3 aromatic rings. The fourth-order valence-corrected chi connectivity index (χ4v) is 2.88. The van der Waals surface area contributed by atoms with Crippen molar-refractivity contribution in [3.05, 3.63) is 87.9 Å².